The molecular formula is C32H22N2S. The normalized spacial score (nSPS) is 14.2. The Morgan fingerprint density at radius 1 is 0.771 bits per heavy atom. The average Bonchev–Trinajstić information content (AvgIpc) is 3.55. The van der Waals surface area contributed by atoms with E-state index in [-0.39, 0.29) is 5.41 Å². The summed E-state index contributed by atoms with van der Waals surface area (Å²) < 4.78 is 3.69. The molecular weight excluding hydrogens is 444 g/mol. The summed E-state index contributed by atoms with van der Waals surface area (Å²) in [5.41, 5.74) is 12.3. The van der Waals surface area contributed by atoms with Crippen molar-refractivity contribution < 1.29 is 0 Å². The van der Waals surface area contributed by atoms with Gasteiger partial charge >= 0.3 is 0 Å². The Morgan fingerprint density at radius 3 is 2.40 bits per heavy atom. The van der Waals surface area contributed by atoms with Crippen molar-refractivity contribution in [2.75, 3.05) is 0 Å². The Morgan fingerprint density at radius 2 is 1.51 bits per heavy atom. The minimum Gasteiger partial charge on any atom is -0.309 e. The third-order valence-corrected chi connectivity index (χ3v) is 8.69. The van der Waals surface area contributed by atoms with E-state index in [0.717, 1.165) is 5.52 Å². The van der Waals surface area contributed by atoms with Gasteiger partial charge in [-0.15, -0.1) is 11.3 Å². The molecule has 35 heavy (non-hydrogen) atoms. The predicted molar refractivity (Wildman–Crippen MR) is 149 cm³/mol. The highest BCUT2D eigenvalue weighted by Crippen LogP contribution is 2.56. The first-order valence-corrected chi connectivity index (χ1v) is 12.9. The second-order valence-corrected chi connectivity index (χ2v) is 10.9. The van der Waals surface area contributed by atoms with Crippen LogP contribution in [0.15, 0.2) is 96.5 Å². The molecule has 1 aliphatic rings. The highest BCUT2D eigenvalue weighted by Gasteiger charge is 2.39. The van der Waals surface area contributed by atoms with Gasteiger partial charge in [0.1, 0.15) is 0 Å². The molecule has 2 aromatic heterocycles. The zero-order valence-corrected chi connectivity index (χ0v) is 20.4. The van der Waals surface area contributed by atoms with Crippen LogP contribution in [0.25, 0.3) is 59.6 Å². The van der Waals surface area contributed by atoms with Crippen molar-refractivity contribution in [3.63, 3.8) is 0 Å². The summed E-state index contributed by atoms with van der Waals surface area (Å²) in [6, 6.07) is 33.5. The number of hydrogen-bond acceptors (Lipinski definition) is 2. The zero-order chi connectivity index (χ0) is 23.3. The molecule has 2 heterocycles. The molecule has 0 saturated heterocycles. The van der Waals surface area contributed by atoms with Crippen LogP contribution >= 0.6 is 11.3 Å². The van der Waals surface area contributed by atoms with E-state index in [9.17, 15) is 0 Å². The Balaban J connectivity index is 1.67. The Kier molecular flexibility index (Phi) is 3.64. The molecule has 166 valence electrons. The molecule has 5 aromatic carbocycles. The van der Waals surface area contributed by atoms with Gasteiger partial charge in [-0.05, 0) is 51.9 Å². The third kappa shape index (κ3) is 2.36. The largest absolute Gasteiger partial charge is 0.309 e. The molecule has 0 fully saturated rings. The van der Waals surface area contributed by atoms with Gasteiger partial charge in [0.2, 0.25) is 0 Å². The van der Waals surface area contributed by atoms with Crippen molar-refractivity contribution in [1.29, 1.82) is 0 Å². The summed E-state index contributed by atoms with van der Waals surface area (Å²) in [5, 5.41) is 5.32. The van der Waals surface area contributed by atoms with Crippen LogP contribution < -0.4 is 0 Å². The fourth-order valence-electron chi connectivity index (χ4n) is 6.45. The first-order valence-electron chi connectivity index (χ1n) is 12.1. The Hall–Kier alpha value is -3.95. The second-order valence-electron chi connectivity index (χ2n) is 10.0. The SMILES string of the molecule is CC1(C)c2ccccc2-c2c1c1c3ccccc3n(-c3ccc4ncsc4c3)c1c1ccccc21. The summed E-state index contributed by atoms with van der Waals surface area (Å²) in [4.78, 5) is 4.51. The first kappa shape index (κ1) is 19.4. The molecule has 0 N–H and O–H groups in total. The van der Waals surface area contributed by atoms with Crippen molar-refractivity contribution in [1.82, 2.24) is 9.55 Å². The topological polar surface area (TPSA) is 17.8 Å². The van der Waals surface area contributed by atoms with E-state index in [1.807, 2.05) is 5.51 Å². The van der Waals surface area contributed by atoms with Crippen LogP contribution in [0.3, 0.4) is 0 Å². The molecule has 0 saturated carbocycles. The maximum Gasteiger partial charge on any atom is 0.0813 e. The molecule has 1 aliphatic carbocycles. The van der Waals surface area contributed by atoms with Gasteiger partial charge in [0.15, 0.2) is 0 Å². The summed E-state index contributed by atoms with van der Waals surface area (Å²) in [6.07, 6.45) is 0. The highest BCUT2D eigenvalue weighted by atomic mass is 32.1. The molecule has 7 aromatic rings. The lowest BCUT2D eigenvalue weighted by Gasteiger charge is -2.23. The van der Waals surface area contributed by atoms with Crippen molar-refractivity contribution in [2.24, 2.45) is 0 Å². The molecule has 3 heteroatoms. The number of fused-ring (bicyclic) bond motifs is 11. The lowest BCUT2D eigenvalue weighted by atomic mass is 9.79. The van der Waals surface area contributed by atoms with Gasteiger partial charge in [0.05, 0.1) is 26.8 Å². The van der Waals surface area contributed by atoms with Crippen LogP contribution in [0.4, 0.5) is 0 Å². The number of thiazole rings is 1. The van der Waals surface area contributed by atoms with E-state index in [1.165, 1.54) is 65.2 Å². The van der Waals surface area contributed by atoms with E-state index < -0.39 is 0 Å². The molecule has 0 atom stereocenters. The smallest absolute Gasteiger partial charge is 0.0813 e. The van der Waals surface area contributed by atoms with Gasteiger partial charge in [0.25, 0.3) is 0 Å². The van der Waals surface area contributed by atoms with Crippen LogP contribution in [0.5, 0.6) is 0 Å². The number of hydrogen-bond donors (Lipinski definition) is 0. The number of rotatable bonds is 1. The highest BCUT2D eigenvalue weighted by molar-refractivity contribution is 7.16. The van der Waals surface area contributed by atoms with E-state index in [0.29, 0.717) is 0 Å². The summed E-state index contributed by atoms with van der Waals surface area (Å²) in [7, 11) is 0. The van der Waals surface area contributed by atoms with E-state index in [1.54, 1.807) is 11.3 Å². The molecule has 0 aliphatic heterocycles. The van der Waals surface area contributed by atoms with Gasteiger partial charge in [-0.25, -0.2) is 4.98 Å². The van der Waals surface area contributed by atoms with Gasteiger partial charge in [-0.2, -0.15) is 0 Å². The van der Waals surface area contributed by atoms with E-state index >= 15 is 0 Å². The maximum atomic E-state index is 4.51. The summed E-state index contributed by atoms with van der Waals surface area (Å²) in [6.45, 7) is 4.78. The van der Waals surface area contributed by atoms with Crippen LogP contribution in [0.1, 0.15) is 25.0 Å². The van der Waals surface area contributed by atoms with Crippen molar-refractivity contribution in [3.05, 3.63) is 108 Å². The van der Waals surface area contributed by atoms with Crippen LogP contribution in [-0.2, 0) is 5.41 Å². The number of para-hydroxylation sites is 1. The Labute approximate surface area is 207 Å². The van der Waals surface area contributed by atoms with Crippen molar-refractivity contribution in [2.45, 2.75) is 19.3 Å². The van der Waals surface area contributed by atoms with Crippen LogP contribution in [0.2, 0.25) is 0 Å². The molecule has 0 unspecified atom stereocenters. The standard InChI is InChI=1S/C32H22N2S/c1-32(2)24-13-7-5-11-22(24)28-20-9-3-4-10-21(20)31-29(30(28)32)23-12-6-8-14-26(23)34(31)19-15-16-25-27(17-19)35-18-33-25/h3-18H,1-2H3. The average molecular weight is 467 g/mol. The third-order valence-electron chi connectivity index (χ3n) is 7.89. The fraction of sp³-hybridized carbons (Fsp3) is 0.0938. The van der Waals surface area contributed by atoms with Crippen molar-refractivity contribution in [3.8, 4) is 16.8 Å². The minimum atomic E-state index is -0.0925. The molecule has 0 radical (unpaired) electrons. The fourth-order valence-corrected chi connectivity index (χ4v) is 7.16. The van der Waals surface area contributed by atoms with Gasteiger partial charge in [-0.1, -0.05) is 80.6 Å². The Bertz CT molecular complexity index is 1990. The van der Waals surface area contributed by atoms with Crippen LogP contribution in [0, 0.1) is 0 Å². The predicted octanol–water partition coefficient (Wildman–Crippen LogP) is 8.85. The monoisotopic (exact) mass is 466 g/mol. The molecule has 0 bridgehead atoms. The second kappa shape index (κ2) is 6.59. The molecule has 8 rings (SSSR count). The maximum absolute atomic E-state index is 4.51. The van der Waals surface area contributed by atoms with Crippen molar-refractivity contribution >= 4 is 54.1 Å². The van der Waals surface area contributed by atoms with Gasteiger partial charge in [0, 0.05) is 27.3 Å². The summed E-state index contributed by atoms with van der Waals surface area (Å²) >= 11 is 1.70. The first-order chi connectivity index (χ1) is 17.1. The lowest BCUT2D eigenvalue weighted by molar-refractivity contribution is 0.667. The molecule has 0 spiro atoms. The quantitative estimate of drug-likeness (QED) is 0.236. The number of benzene rings is 5. The number of nitrogens with zero attached hydrogens (tertiary/aromatic N) is 2. The zero-order valence-electron chi connectivity index (χ0n) is 19.5. The number of aromatic nitrogens is 2. The lowest BCUT2D eigenvalue weighted by Crippen LogP contribution is -2.15. The summed E-state index contributed by atoms with van der Waals surface area (Å²) in [5.74, 6) is 0. The van der Waals surface area contributed by atoms with Crippen LogP contribution in [-0.4, -0.2) is 9.55 Å². The van der Waals surface area contributed by atoms with E-state index in [4.69, 9.17) is 0 Å². The van der Waals surface area contributed by atoms with Gasteiger partial charge in [-0.3, -0.25) is 0 Å². The molecule has 2 nitrogen and oxygen atoms in total. The van der Waals surface area contributed by atoms with Gasteiger partial charge < -0.3 is 4.57 Å². The van der Waals surface area contributed by atoms with E-state index in [2.05, 4.69) is 114 Å². The minimum absolute atomic E-state index is 0.0925. The molecule has 0 amide bonds.